The summed E-state index contributed by atoms with van der Waals surface area (Å²) in [5.74, 6) is -0.512. The zero-order valence-corrected chi connectivity index (χ0v) is 14.2. The van der Waals surface area contributed by atoms with E-state index in [1.807, 2.05) is 6.07 Å². The molecule has 0 unspecified atom stereocenters. The minimum absolute atomic E-state index is 0.00337. The number of anilines is 2. The summed E-state index contributed by atoms with van der Waals surface area (Å²) in [4.78, 5) is 11.9. The van der Waals surface area contributed by atoms with Crippen LogP contribution in [-0.4, -0.2) is 35.5 Å². The van der Waals surface area contributed by atoms with E-state index in [1.54, 1.807) is 36.4 Å². The Hall–Kier alpha value is -1.79. The molecule has 0 saturated carbocycles. The minimum Gasteiger partial charge on any atom is -0.463 e. The molecule has 0 aliphatic heterocycles. The lowest BCUT2D eigenvalue weighted by Crippen LogP contribution is -2.22. The van der Waals surface area contributed by atoms with Crippen molar-refractivity contribution in [3.05, 3.63) is 58.1 Å². The zero-order chi connectivity index (χ0) is 17.5. The van der Waals surface area contributed by atoms with Crippen LogP contribution in [0.15, 0.2) is 42.5 Å². The van der Waals surface area contributed by atoms with Gasteiger partial charge in [-0.2, -0.15) is 0 Å². The Balaban J connectivity index is 2.12. The molecular weight excluding hydrogens is 353 g/mol. The monoisotopic (exact) mass is 369 g/mol. The molecule has 1 atom stereocenters. The number of aliphatic hydroxyl groups is 2. The number of nitrogens with one attached hydrogen (secondary N) is 1. The summed E-state index contributed by atoms with van der Waals surface area (Å²) in [6, 6.07) is 12.3. The first-order valence-corrected chi connectivity index (χ1v) is 8.00. The number of halogens is 2. The second-order valence-electron chi connectivity index (χ2n) is 5.07. The number of benzene rings is 2. The molecule has 5 nitrogen and oxygen atoms in total. The van der Waals surface area contributed by atoms with Gasteiger partial charge in [-0.25, -0.2) is 0 Å². The van der Waals surface area contributed by atoms with Gasteiger partial charge in [-0.3, -0.25) is 4.79 Å². The van der Waals surface area contributed by atoms with Gasteiger partial charge in [0.1, 0.15) is 12.7 Å². The molecule has 0 aliphatic carbocycles. The molecule has 128 valence electrons. The van der Waals surface area contributed by atoms with E-state index < -0.39 is 18.7 Å². The van der Waals surface area contributed by atoms with E-state index >= 15 is 0 Å². The molecular formula is C17H17Cl2NO4. The Bertz CT molecular complexity index is 688. The number of hydrogen-bond donors (Lipinski definition) is 3. The molecule has 0 heterocycles. The van der Waals surface area contributed by atoms with Crippen molar-refractivity contribution in [2.24, 2.45) is 0 Å². The van der Waals surface area contributed by atoms with Gasteiger partial charge in [-0.05, 0) is 23.8 Å². The maximum Gasteiger partial charge on any atom is 0.310 e. The normalized spacial score (nSPS) is 11.8. The van der Waals surface area contributed by atoms with E-state index in [9.17, 15) is 9.90 Å². The third kappa shape index (κ3) is 5.11. The number of para-hydroxylation sites is 2. The van der Waals surface area contributed by atoms with Crippen molar-refractivity contribution in [2.45, 2.75) is 12.5 Å². The van der Waals surface area contributed by atoms with Gasteiger partial charge in [-0.1, -0.05) is 47.5 Å². The number of esters is 1. The van der Waals surface area contributed by atoms with Gasteiger partial charge in [0.2, 0.25) is 0 Å². The lowest BCUT2D eigenvalue weighted by molar-refractivity contribution is -0.146. The fraction of sp³-hybridized carbons (Fsp3) is 0.235. The molecule has 0 saturated heterocycles. The fourth-order valence-electron chi connectivity index (χ4n) is 2.00. The lowest BCUT2D eigenvalue weighted by atomic mass is 10.1. The molecule has 0 aromatic heterocycles. The Kier molecular flexibility index (Phi) is 6.87. The number of aliphatic hydroxyl groups excluding tert-OH is 2. The summed E-state index contributed by atoms with van der Waals surface area (Å²) in [5, 5.41) is 22.0. The van der Waals surface area contributed by atoms with Gasteiger partial charge in [0.05, 0.1) is 28.8 Å². The molecule has 2 rings (SSSR count). The van der Waals surface area contributed by atoms with Gasteiger partial charge in [0.25, 0.3) is 0 Å². The summed E-state index contributed by atoms with van der Waals surface area (Å²) in [5.41, 5.74) is 1.92. The van der Waals surface area contributed by atoms with E-state index in [4.69, 9.17) is 33.0 Å². The Morgan fingerprint density at radius 1 is 1.12 bits per heavy atom. The van der Waals surface area contributed by atoms with E-state index in [-0.39, 0.29) is 13.0 Å². The number of ether oxygens (including phenoxy) is 1. The molecule has 7 heteroatoms. The van der Waals surface area contributed by atoms with E-state index in [0.29, 0.717) is 27.0 Å². The molecule has 0 amide bonds. The van der Waals surface area contributed by atoms with Crippen molar-refractivity contribution in [1.82, 2.24) is 0 Å². The third-order valence-electron chi connectivity index (χ3n) is 3.22. The van der Waals surface area contributed by atoms with Gasteiger partial charge in [0, 0.05) is 5.69 Å². The molecule has 0 radical (unpaired) electrons. The van der Waals surface area contributed by atoms with Crippen molar-refractivity contribution in [1.29, 1.82) is 0 Å². The van der Waals surface area contributed by atoms with Crippen LogP contribution < -0.4 is 5.32 Å². The predicted octanol–water partition coefficient (Wildman–Crippen LogP) is 3.18. The second kappa shape index (κ2) is 8.89. The number of hydrogen-bond acceptors (Lipinski definition) is 5. The largest absolute Gasteiger partial charge is 0.463 e. The third-order valence-corrected chi connectivity index (χ3v) is 3.85. The maximum absolute atomic E-state index is 11.9. The highest BCUT2D eigenvalue weighted by Gasteiger charge is 2.13. The van der Waals surface area contributed by atoms with Gasteiger partial charge < -0.3 is 20.3 Å². The molecule has 2 aromatic rings. The van der Waals surface area contributed by atoms with Crippen LogP contribution in [0.4, 0.5) is 11.4 Å². The summed E-state index contributed by atoms with van der Waals surface area (Å²) in [6.45, 7) is -0.711. The first-order chi connectivity index (χ1) is 11.5. The minimum atomic E-state index is -1.08. The summed E-state index contributed by atoms with van der Waals surface area (Å²) >= 11 is 12.3. The van der Waals surface area contributed by atoms with E-state index in [2.05, 4.69) is 5.32 Å². The molecule has 24 heavy (non-hydrogen) atoms. The van der Waals surface area contributed by atoms with Crippen LogP contribution in [0.5, 0.6) is 0 Å². The Morgan fingerprint density at radius 2 is 1.79 bits per heavy atom. The average Bonchev–Trinajstić information content (AvgIpc) is 2.57. The van der Waals surface area contributed by atoms with Crippen LogP contribution >= 0.6 is 23.2 Å². The van der Waals surface area contributed by atoms with Crippen molar-refractivity contribution in [2.75, 3.05) is 18.5 Å². The highest BCUT2D eigenvalue weighted by Crippen LogP contribution is 2.33. The van der Waals surface area contributed by atoms with Gasteiger partial charge in [0.15, 0.2) is 0 Å². The molecule has 2 aromatic carbocycles. The standard InChI is InChI=1S/C17H17Cl2NO4/c18-13-5-3-6-14(19)17(13)20-15-7-2-1-4-11(15)8-16(23)24-10-12(22)9-21/h1-7,12,20-22H,8-10H2/t12-/m1/s1. The van der Waals surface area contributed by atoms with Crippen LogP contribution in [0.3, 0.4) is 0 Å². The summed E-state index contributed by atoms with van der Waals surface area (Å²) < 4.78 is 4.92. The quantitative estimate of drug-likeness (QED) is 0.653. The van der Waals surface area contributed by atoms with Crippen molar-refractivity contribution in [3.8, 4) is 0 Å². The molecule has 3 N–H and O–H groups in total. The molecule has 0 fully saturated rings. The predicted molar refractivity (Wildman–Crippen MR) is 93.9 cm³/mol. The average molecular weight is 370 g/mol. The Labute approximate surface area is 149 Å². The van der Waals surface area contributed by atoms with Crippen LogP contribution in [-0.2, 0) is 16.0 Å². The van der Waals surface area contributed by atoms with Crippen LogP contribution in [0.1, 0.15) is 5.56 Å². The van der Waals surface area contributed by atoms with E-state index in [1.165, 1.54) is 0 Å². The first kappa shape index (κ1) is 18.5. The molecule has 0 aliphatic rings. The maximum atomic E-state index is 11.9. The van der Waals surface area contributed by atoms with Crippen LogP contribution in [0.25, 0.3) is 0 Å². The summed E-state index contributed by atoms with van der Waals surface area (Å²) in [7, 11) is 0. The Morgan fingerprint density at radius 3 is 2.46 bits per heavy atom. The first-order valence-electron chi connectivity index (χ1n) is 7.24. The lowest BCUT2D eigenvalue weighted by Gasteiger charge is -2.14. The van der Waals surface area contributed by atoms with Crippen molar-refractivity contribution < 1.29 is 19.7 Å². The van der Waals surface area contributed by atoms with Gasteiger partial charge in [-0.15, -0.1) is 0 Å². The van der Waals surface area contributed by atoms with Crippen LogP contribution in [0.2, 0.25) is 10.0 Å². The van der Waals surface area contributed by atoms with E-state index in [0.717, 1.165) is 0 Å². The highest BCUT2D eigenvalue weighted by atomic mass is 35.5. The molecule has 0 spiro atoms. The SMILES string of the molecule is O=C(Cc1ccccc1Nc1c(Cl)cccc1Cl)OC[C@H](O)CO. The highest BCUT2D eigenvalue weighted by molar-refractivity contribution is 6.39. The second-order valence-corrected chi connectivity index (χ2v) is 5.89. The van der Waals surface area contributed by atoms with Crippen LogP contribution in [0, 0.1) is 0 Å². The number of carbonyl (C=O) groups is 1. The number of rotatable bonds is 7. The topological polar surface area (TPSA) is 78.8 Å². The van der Waals surface area contributed by atoms with Crippen molar-refractivity contribution in [3.63, 3.8) is 0 Å². The number of carbonyl (C=O) groups excluding carboxylic acids is 1. The smallest absolute Gasteiger partial charge is 0.310 e. The fourth-order valence-corrected chi connectivity index (χ4v) is 2.49. The summed E-state index contributed by atoms with van der Waals surface area (Å²) in [6.07, 6.45) is -1.08. The molecule has 0 bridgehead atoms. The van der Waals surface area contributed by atoms with Crippen molar-refractivity contribution >= 4 is 40.5 Å². The zero-order valence-electron chi connectivity index (χ0n) is 12.7. The van der Waals surface area contributed by atoms with Gasteiger partial charge >= 0.3 is 5.97 Å².